The molecule has 0 saturated carbocycles. The smallest absolute Gasteiger partial charge is 0.174 e. The van der Waals surface area contributed by atoms with Crippen LogP contribution in [-0.4, -0.2) is 10.8 Å². The summed E-state index contributed by atoms with van der Waals surface area (Å²) in [5.41, 5.74) is 1.10. The molecule has 82 valence electrons. The molecule has 0 amide bonds. The molecule has 1 unspecified atom stereocenters. The second-order valence-corrected chi connectivity index (χ2v) is 6.48. The molecule has 15 heavy (non-hydrogen) atoms. The minimum absolute atomic E-state index is 0.0610. The van der Waals surface area contributed by atoms with E-state index in [1.54, 1.807) is 11.3 Å². The molecular weight excluding hydrogens is 206 g/mol. The average molecular weight is 223 g/mol. The highest BCUT2D eigenvalue weighted by atomic mass is 32.1. The van der Waals surface area contributed by atoms with E-state index in [1.807, 2.05) is 0 Å². The minimum Gasteiger partial charge on any atom is -0.293 e. The van der Waals surface area contributed by atoms with Crippen molar-refractivity contribution in [2.45, 2.75) is 46.0 Å². The SMILES string of the molecule is CC1CC(=O)c2sc(C(C)(C)C)nc2C1. The summed E-state index contributed by atoms with van der Waals surface area (Å²) in [5, 5.41) is 1.09. The van der Waals surface area contributed by atoms with E-state index in [9.17, 15) is 4.79 Å². The molecule has 0 saturated heterocycles. The molecule has 1 aromatic rings. The Labute approximate surface area is 94.7 Å². The lowest BCUT2D eigenvalue weighted by atomic mass is 9.91. The number of hydrogen-bond acceptors (Lipinski definition) is 3. The van der Waals surface area contributed by atoms with Gasteiger partial charge in [0.25, 0.3) is 0 Å². The van der Waals surface area contributed by atoms with Crippen LogP contribution in [0.2, 0.25) is 0 Å². The molecule has 0 aromatic carbocycles. The van der Waals surface area contributed by atoms with E-state index in [0.717, 1.165) is 22.0 Å². The quantitative estimate of drug-likeness (QED) is 0.676. The van der Waals surface area contributed by atoms with E-state index in [4.69, 9.17) is 0 Å². The lowest BCUT2D eigenvalue weighted by Crippen LogP contribution is -2.16. The third-order valence-electron chi connectivity index (χ3n) is 2.67. The number of hydrogen-bond donors (Lipinski definition) is 0. The van der Waals surface area contributed by atoms with E-state index >= 15 is 0 Å². The molecule has 0 radical (unpaired) electrons. The summed E-state index contributed by atoms with van der Waals surface area (Å²) in [6.07, 6.45) is 1.66. The summed E-state index contributed by atoms with van der Waals surface area (Å²) >= 11 is 1.59. The van der Waals surface area contributed by atoms with Crippen molar-refractivity contribution < 1.29 is 4.79 Å². The fourth-order valence-corrected chi connectivity index (χ4v) is 2.94. The maximum atomic E-state index is 11.8. The highest BCUT2D eigenvalue weighted by Gasteiger charge is 2.29. The first-order chi connectivity index (χ1) is 6.88. The van der Waals surface area contributed by atoms with E-state index in [0.29, 0.717) is 12.3 Å². The standard InChI is InChI=1S/C12H17NOS/c1-7-5-8-10(9(14)6-7)15-11(13-8)12(2,3)4/h7H,5-6H2,1-4H3. The maximum Gasteiger partial charge on any atom is 0.174 e. The van der Waals surface area contributed by atoms with Crippen molar-refractivity contribution in [3.8, 4) is 0 Å². The summed E-state index contributed by atoms with van der Waals surface area (Å²) in [5.74, 6) is 0.747. The van der Waals surface area contributed by atoms with Crippen molar-refractivity contribution in [1.82, 2.24) is 4.98 Å². The van der Waals surface area contributed by atoms with Gasteiger partial charge in [0.05, 0.1) is 15.6 Å². The van der Waals surface area contributed by atoms with Gasteiger partial charge < -0.3 is 0 Å². The topological polar surface area (TPSA) is 30.0 Å². The van der Waals surface area contributed by atoms with Crippen molar-refractivity contribution in [2.24, 2.45) is 5.92 Å². The largest absolute Gasteiger partial charge is 0.293 e. The van der Waals surface area contributed by atoms with Gasteiger partial charge in [-0.2, -0.15) is 0 Å². The predicted octanol–water partition coefficient (Wildman–Crippen LogP) is 3.21. The number of ketones is 1. The second kappa shape index (κ2) is 3.41. The van der Waals surface area contributed by atoms with Gasteiger partial charge in [-0.3, -0.25) is 4.79 Å². The van der Waals surface area contributed by atoms with Gasteiger partial charge in [-0.05, 0) is 12.3 Å². The van der Waals surface area contributed by atoms with E-state index in [-0.39, 0.29) is 11.2 Å². The molecule has 0 N–H and O–H groups in total. The molecule has 2 nitrogen and oxygen atoms in total. The number of thiazole rings is 1. The highest BCUT2D eigenvalue weighted by Crippen LogP contribution is 2.34. The molecule has 1 aliphatic carbocycles. The van der Waals surface area contributed by atoms with Gasteiger partial charge in [0.2, 0.25) is 0 Å². The Kier molecular flexibility index (Phi) is 2.45. The Bertz CT molecular complexity index is 400. The van der Waals surface area contributed by atoms with Crippen LogP contribution in [0.25, 0.3) is 0 Å². The van der Waals surface area contributed by atoms with Gasteiger partial charge in [0.1, 0.15) is 0 Å². The van der Waals surface area contributed by atoms with Gasteiger partial charge in [-0.25, -0.2) is 4.98 Å². The summed E-state index contributed by atoms with van der Waals surface area (Å²) in [7, 11) is 0. The van der Waals surface area contributed by atoms with Crippen molar-refractivity contribution >= 4 is 17.1 Å². The van der Waals surface area contributed by atoms with Crippen LogP contribution in [0.1, 0.15) is 54.5 Å². The summed E-state index contributed by atoms with van der Waals surface area (Å²) < 4.78 is 0. The van der Waals surface area contributed by atoms with Crippen molar-refractivity contribution in [1.29, 1.82) is 0 Å². The first kappa shape index (κ1) is 10.8. The monoisotopic (exact) mass is 223 g/mol. The van der Waals surface area contributed by atoms with Crippen LogP contribution >= 0.6 is 11.3 Å². The van der Waals surface area contributed by atoms with E-state index < -0.39 is 0 Å². The molecule has 3 heteroatoms. The Hall–Kier alpha value is -0.700. The van der Waals surface area contributed by atoms with Crippen LogP contribution < -0.4 is 0 Å². The Balaban J connectivity index is 2.44. The highest BCUT2D eigenvalue weighted by molar-refractivity contribution is 7.14. The number of carbonyl (C=O) groups is 1. The van der Waals surface area contributed by atoms with E-state index in [2.05, 4.69) is 32.7 Å². The molecule has 1 heterocycles. The molecule has 1 atom stereocenters. The second-order valence-electron chi connectivity index (χ2n) is 5.48. The molecule has 1 aromatic heterocycles. The summed E-state index contributed by atoms with van der Waals surface area (Å²) in [6, 6.07) is 0. The molecule has 2 rings (SSSR count). The van der Waals surface area contributed by atoms with Crippen LogP contribution in [0.4, 0.5) is 0 Å². The van der Waals surface area contributed by atoms with Gasteiger partial charge >= 0.3 is 0 Å². The first-order valence-corrected chi connectivity index (χ1v) is 6.23. The van der Waals surface area contributed by atoms with Gasteiger partial charge in [0.15, 0.2) is 5.78 Å². The van der Waals surface area contributed by atoms with Gasteiger partial charge in [-0.15, -0.1) is 11.3 Å². The zero-order valence-electron chi connectivity index (χ0n) is 9.76. The van der Waals surface area contributed by atoms with Crippen LogP contribution in [0, 0.1) is 5.92 Å². The van der Waals surface area contributed by atoms with Crippen molar-refractivity contribution in [2.75, 3.05) is 0 Å². The first-order valence-electron chi connectivity index (χ1n) is 5.41. The lowest BCUT2D eigenvalue weighted by molar-refractivity contribution is 0.0957. The van der Waals surface area contributed by atoms with Crippen molar-refractivity contribution in [3.63, 3.8) is 0 Å². The molecule has 1 aliphatic rings. The minimum atomic E-state index is 0.0610. The molecular formula is C12H17NOS. The zero-order valence-corrected chi connectivity index (χ0v) is 10.6. The van der Waals surface area contributed by atoms with Crippen LogP contribution in [0.5, 0.6) is 0 Å². The fraction of sp³-hybridized carbons (Fsp3) is 0.667. The fourth-order valence-electron chi connectivity index (χ4n) is 1.84. The third-order valence-corrected chi connectivity index (χ3v) is 4.23. The number of aromatic nitrogens is 1. The average Bonchev–Trinajstić information content (AvgIpc) is 2.46. The Morgan fingerprint density at radius 2 is 2.00 bits per heavy atom. The van der Waals surface area contributed by atoms with Crippen LogP contribution in [0.3, 0.4) is 0 Å². The molecule has 0 fully saturated rings. The Morgan fingerprint density at radius 3 is 2.60 bits per heavy atom. The third kappa shape index (κ3) is 1.98. The molecule has 0 bridgehead atoms. The Morgan fingerprint density at radius 1 is 1.33 bits per heavy atom. The number of carbonyl (C=O) groups excluding carboxylic acids is 1. The number of rotatable bonds is 0. The predicted molar refractivity (Wildman–Crippen MR) is 62.6 cm³/mol. The van der Waals surface area contributed by atoms with Crippen LogP contribution in [0.15, 0.2) is 0 Å². The zero-order chi connectivity index (χ0) is 11.2. The van der Waals surface area contributed by atoms with Gasteiger partial charge in [-0.1, -0.05) is 27.7 Å². The molecule has 0 spiro atoms. The number of fused-ring (bicyclic) bond motifs is 1. The van der Waals surface area contributed by atoms with Crippen molar-refractivity contribution in [3.05, 3.63) is 15.6 Å². The lowest BCUT2D eigenvalue weighted by Gasteiger charge is -2.14. The normalized spacial score (nSPS) is 21.6. The maximum absolute atomic E-state index is 11.8. The number of Topliss-reactive ketones (excluding diaryl/α,β-unsaturated/α-hetero) is 1. The summed E-state index contributed by atoms with van der Waals surface area (Å²) in [6.45, 7) is 8.55. The summed E-state index contributed by atoms with van der Waals surface area (Å²) in [4.78, 5) is 17.3. The van der Waals surface area contributed by atoms with E-state index in [1.165, 1.54) is 0 Å². The van der Waals surface area contributed by atoms with Gasteiger partial charge in [0, 0.05) is 11.8 Å². The number of nitrogens with zero attached hydrogens (tertiary/aromatic N) is 1. The van der Waals surface area contributed by atoms with Crippen LogP contribution in [-0.2, 0) is 11.8 Å². The molecule has 0 aliphatic heterocycles.